The average Bonchev–Trinajstić information content (AvgIpc) is 2.60. The van der Waals surface area contributed by atoms with Crippen LogP contribution in [-0.4, -0.2) is 27.1 Å². The van der Waals surface area contributed by atoms with Crippen molar-refractivity contribution in [3.8, 4) is 11.8 Å². The largest absolute Gasteiger partial charge is 0.490 e. The fourth-order valence-corrected chi connectivity index (χ4v) is 3.33. The second-order valence-electron chi connectivity index (χ2n) is 5.39. The maximum absolute atomic E-state index is 14.0. The zero-order valence-corrected chi connectivity index (χ0v) is 15.6. The molecule has 1 aromatic carbocycles. The van der Waals surface area contributed by atoms with Crippen LogP contribution in [0.4, 0.5) is 22.0 Å². The van der Waals surface area contributed by atoms with Crippen molar-refractivity contribution in [3.63, 3.8) is 0 Å². The van der Waals surface area contributed by atoms with Gasteiger partial charge in [0, 0.05) is 6.42 Å². The first-order valence-corrected chi connectivity index (χ1v) is 9.59. The molecule has 0 saturated carbocycles. The molecule has 0 atom stereocenters. The minimum atomic E-state index is -6.04. The second-order valence-corrected chi connectivity index (χ2v) is 7.27. The summed E-state index contributed by atoms with van der Waals surface area (Å²) < 4.78 is 96.7. The molecule has 0 N–H and O–H groups in total. The summed E-state index contributed by atoms with van der Waals surface area (Å²) in [6.45, 7) is 2.40. The smallest absolute Gasteiger partial charge is 0.461 e. The van der Waals surface area contributed by atoms with Gasteiger partial charge in [-0.3, -0.25) is 0 Å². The number of unbranched alkanes of at least 4 members (excludes halogenated alkanes) is 2. The molecule has 9 heteroatoms. The maximum Gasteiger partial charge on any atom is 0.461 e. The van der Waals surface area contributed by atoms with Crippen LogP contribution in [0.15, 0.2) is 45.9 Å². The van der Waals surface area contributed by atoms with Gasteiger partial charge in [-0.15, -0.1) is 0 Å². The summed E-state index contributed by atoms with van der Waals surface area (Å²) in [7, 11) is -4.75. The summed E-state index contributed by atoms with van der Waals surface area (Å²) >= 11 is 0. The molecule has 1 aromatic rings. The normalized spacial score (nSPS) is 13.4. The summed E-state index contributed by atoms with van der Waals surface area (Å²) in [5, 5.41) is 0. The first kappa shape index (κ1) is 23.0. The fourth-order valence-electron chi connectivity index (χ4n) is 1.94. The predicted octanol–water partition coefficient (Wildman–Crippen LogP) is 5.10. The molecule has 0 unspecified atom stereocenters. The van der Waals surface area contributed by atoms with E-state index in [0.717, 1.165) is 12.1 Å². The van der Waals surface area contributed by atoms with Gasteiger partial charge in [0.2, 0.25) is 15.6 Å². The van der Waals surface area contributed by atoms with Crippen LogP contribution in [0, 0.1) is 11.8 Å². The van der Waals surface area contributed by atoms with Gasteiger partial charge in [-0.05, 0) is 25.5 Å². The van der Waals surface area contributed by atoms with Crippen molar-refractivity contribution in [2.24, 2.45) is 0 Å². The van der Waals surface area contributed by atoms with Gasteiger partial charge in [0.1, 0.15) is 0 Å². The summed E-state index contributed by atoms with van der Waals surface area (Å²) in [6, 6.07) is 6.27. The van der Waals surface area contributed by atoms with Crippen LogP contribution in [0.5, 0.6) is 0 Å². The van der Waals surface area contributed by atoms with Gasteiger partial charge in [0.05, 0.1) is 11.5 Å². The molecular weight excluding hydrogens is 391 g/mol. The van der Waals surface area contributed by atoms with Gasteiger partial charge < -0.3 is 4.74 Å². The molecule has 0 aliphatic heterocycles. The highest BCUT2D eigenvalue weighted by molar-refractivity contribution is 7.95. The molecule has 0 spiro atoms. The molecule has 0 aromatic heterocycles. The minimum Gasteiger partial charge on any atom is -0.490 e. The van der Waals surface area contributed by atoms with Gasteiger partial charge in [-0.25, -0.2) is 8.42 Å². The Morgan fingerprint density at radius 2 is 1.67 bits per heavy atom. The number of alkyl halides is 5. The fraction of sp³-hybridized carbons (Fsp3) is 0.444. The molecule has 27 heavy (non-hydrogen) atoms. The van der Waals surface area contributed by atoms with Crippen molar-refractivity contribution in [1.82, 2.24) is 0 Å². The van der Waals surface area contributed by atoms with E-state index in [2.05, 4.69) is 10.7 Å². The van der Waals surface area contributed by atoms with E-state index >= 15 is 0 Å². The zero-order valence-electron chi connectivity index (χ0n) is 14.7. The molecule has 0 amide bonds. The molecule has 0 aliphatic rings. The first-order chi connectivity index (χ1) is 12.5. The van der Waals surface area contributed by atoms with Crippen LogP contribution in [-0.2, 0) is 14.6 Å². The van der Waals surface area contributed by atoms with Crippen LogP contribution in [0.25, 0.3) is 0 Å². The Hall–Kier alpha value is -2.08. The lowest BCUT2D eigenvalue weighted by atomic mass is 10.2. The lowest BCUT2D eigenvalue weighted by molar-refractivity contribution is -0.276. The topological polar surface area (TPSA) is 43.4 Å². The van der Waals surface area contributed by atoms with Crippen molar-refractivity contribution in [2.75, 3.05) is 6.61 Å². The Labute approximate surface area is 155 Å². The molecule has 0 saturated heterocycles. The molecule has 0 aliphatic carbocycles. The number of benzene rings is 1. The van der Waals surface area contributed by atoms with Gasteiger partial charge in [0.25, 0.3) is 0 Å². The van der Waals surface area contributed by atoms with Crippen LogP contribution in [0.3, 0.4) is 0 Å². The highest BCUT2D eigenvalue weighted by Gasteiger charge is 2.63. The van der Waals surface area contributed by atoms with Crippen molar-refractivity contribution in [2.45, 2.75) is 50.1 Å². The predicted molar refractivity (Wildman–Crippen MR) is 90.6 cm³/mol. The van der Waals surface area contributed by atoms with E-state index in [1.54, 1.807) is 0 Å². The van der Waals surface area contributed by atoms with E-state index in [1.807, 2.05) is 12.8 Å². The van der Waals surface area contributed by atoms with Crippen molar-refractivity contribution >= 4 is 9.84 Å². The summed E-state index contributed by atoms with van der Waals surface area (Å²) in [6.07, 6.45) is -4.68. The van der Waals surface area contributed by atoms with Crippen LogP contribution >= 0.6 is 0 Å². The lowest BCUT2D eigenvalue weighted by Crippen LogP contribution is -2.40. The zero-order chi connectivity index (χ0) is 20.7. The van der Waals surface area contributed by atoms with Crippen molar-refractivity contribution < 1.29 is 35.1 Å². The third-order valence-corrected chi connectivity index (χ3v) is 5.03. The number of halogens is 5. The van der Waals surface area contributed by atoms with Gasteiger partial charge in [0.15, 0.2) is 4.91 Å². The van der Waals surface area contributed by atoms with Crippen molar-refractivity contribution in [1.29, 1.82) is 0 Å². The molecule has 1 rings (SSSR count). The van der Waals surface area contributed by atoms with Crippen molar-refractivity contribution in [3.05, 3.63) is 41.0 Å². The first-order valence-electron chi connectivity index (χ1n) is 8.11. The summed E-state index contributed by atoms with van der Waals surface area (Å²) in [5.41, 5.74) is 0. The molecule has 3 nitrogen and oxygen atoms in total. The molecule has 0 radical (unpaired) electrons. The SMILES string of the molecule is CCCCC#C/C(=C(/OCC)C(F)(F)C(F)(F)F)S(=O)(=O)c1ccccc1. The number of ether oxygens (including phenoxy) is 1. The van der Waals surface area contributed by atoms with Crippen LogP contribution < -0.4 is 0 Å². The summed E-state index contributed by atoms with van der Waals surface area (Å²) in [5.74, 6) is -3.17. The minimum absolute atomic E-state index is 0.140. The number of sulfone groups is 1. The van der Waals surface area contributed by atoms with E-state index in [0.29, 0.717) is 12.8 Å². The highest BCUT2D eigenvalue weighted by atomic mass is 32.2. The lowest BCUT2D eigenvalue weighted by Gasteiger charge is -2.23. The monoisotopic (exact) mass is 410 g/mol. The Bertz CT molecular complexity index is 816. The molecule has 0 heterocycles. The van der Waals surface area contributed by atoms with E-state index < -0.39 is 44.1 Å². The quantitative estimate of drug-likeness (QED) is 0.272. The van der Waals surface area contributed by atoms with E-state index in [4.69, 9.17) is 0 Å². The van der Waals surface area contributed by atoms with Crippen LogP contribution in [0.1, 0.15) is 33.1 Å². The Morgan fingerprint density at radius 1 is 1.07 bits per heavy atom. The molecule has 0 bridgehead atoms. The third kappa shape index (κ3) is 5.45. The Kier molecular flexibility index (Phi) is 7.84. The molecular formula is C18H19F5O3S. The number of hydrogen-bond acceptors (Lipinski definition) is 3. The van der Waals surface area contributed by atoms with Gasteiger partial charge in [-0.1, -0.05) is 43.4 Å². The third-order valence-electron chi connectivity index (χ3n) is 3.32. The molecule has 0 fully saturated rings. The van der Waals surface area contributed by atoms with Gasteiger partial charge >= 0.3 is 12.1 Å². The second kappa shape index (κ2) is 9.22. The van der Waals surface area contributed by atoms with E-state index in [-0.39, 0.29) is 6.42 Å². The highest BCUT2D eigenvalue weighted by Crippen LogP contribution is 2.44. The van der Waals surface area contributed by atoms with Gasteiger partial charge in [-0.2, -0.15) is 22.0 Å². The average molecular weight is 410 g/mol. The number of rotatable bonds is 7. The Balaban J connectivity index is 3.76. The molecule has 150 valence electrons. The summed E-state index contributed by atoms with van der Waals surface area (Å²) in [4.78, 5) is -1.84. The van der Waals surface area contributed by atoms with E-state index in [1.165, 1.54) is 25.1 Å². The number of allylic oxidation sites excluding steroid dienone is 2. The number of hydrogen-bond donors (Lipinski definition) is 0. The van der Waals surface area contributed by atoms with Crippen LogP contribution in [0.2, 0.25) is 0 Å². The van der Waals surface area contributed by atoms with E-state index in [9.17, 15) is 30.4 Å². The standard InChI is InChI=1S/C18H19F5O3S/c1-3-5-6-10-13-15(27(24,25)14-11-8-7-9-12-14)16(26-4-2)17(19,20)18(21,22)23/h7-9,11-12H,3-6H2,1-2H3/b16-15-. The maximum atomic E-state index is 14.0. The Morgan fingerprint density at radius 3 is 2.15 bits per heavy atom.